The van der Waals surface area contributed by atoms with E-state index in [-0.39, 0.29) is 11.7 Å². The molecule has 0 amide bonds. The second kappa shape index (κ2) is 8.53. The second-order valence-electron chi connectivity index (χ2n) is 8.51. The molecule has 3 unspecified atom stereocenters. The van der Waals surface area contributed by atoms with Gasteiger partial charge >= 0.3 is 0 Å². The summed E-state index contributed by atoms with van der Waals surface area (Å²) in [5, 5.41) is 11.6. The zero-order chi connectivity index (χ0) is 19.4. The maximum absolute atomic E-state index is 14.2. The summed E-state index contributed by atoms with van der Waals surface area (Å²) in [6.07, 6.45) is 4.90. The molecule has 0 aliphatic heterocycles. The van der Waals surface area contributed by atoms with E-state index in [1.165, 1.54) is 5.56 Å². The number of hydrogen-bond acceptors (Lipinski definition) is 2. The zero-order valence-corrected chi connectivity index (χ0v) is 16.8. The van der Waals surface area contributed by atoms with Gasteiger partial charge < -0.3 is 10.0 Å². The molecule has 1 N–H and O–H groups in total. The summed E-state index contributed by atoms with van der Waals surface area (Å²) in [6.45, 7) is 2.58. The van der Waals surface area contributed by atoms with Crippen molar-refractivity contribution in [2.45, 2.75) is 44.6 Å². The van der Waals surface area contributed by atoms with E-state index in [4.69, 9.17) is 0 Å². The van der Waals surface area contributed by atoms with Crippen molar-refractivity contribution in [2.24, 2.45) is 11.8 Å². The van der Waals surface area contributed by atoms with Crippen molar-refractivity contribution >= 4 is 0 Å². The Bertz CT molecular complexity index is 745. The predicted molar refractivity (Wildman–Crippen MR) is 109 cm³/mol. The van der Waals surface area contributed by atoms with Crippen LogP contribution in [0.4, 0.5) is 4.39 Å². The lowest BCUT2D eigenvalue weighted by molar-refractivity contribution is -0.0762. The summed E-state index contributed by atoms with van der Waals surface area (Å²) in [4.78, 5) is 2.14. The third-order valence-electron chi connectivity index (χ3n) is 6.17. The molecule has 1 saturated carbocycles. The lowest BCUT2D eigenvalue weighted by atomic mass is 9.66. The Kier molecular flexibility index (Phi) is 6.33. The Morgan fingerprint density at radius 3 is 2.56 bits per heavy atom. The van der Waals surface area contributed by atoms with Crippen LogP contribution in [0.5, 0.6) is 0 Å². The van der Waals surface area contributed by atoms with Crippen LogP contribution >= 0.6 is 0 Å². The Morgan fingerprint density at radius 1 is 1.15 bits per heavy atom. The van der Waals surface area contributed by atoms with Crippen LogP contribution in [-0.4, -0.2) is 30.6 Å². The van der Waals surface area contributed by atoms with Crippen molar-refractivity contribution in [3.63, 3.8) is 0 Å². The summed E-state index contributed by atoms with van der Waals surface area (Å²) < 4.78 is 14.2. The van der Waals surface area contributed by atoms with Crippen LogP contribution in [-0.2, 0) is 12.0 Å². The normalized spacial score (nSPS) is 25.7. The molecule has 3 atom stereocenters. The average Bonchev–Trinajstić information content (AvgIpc) is 2.65. The Hall–Kier alpha value is -1.71. The predicted octanol–water partition coefficient (Wildman–Crippen LogP) is 4.93. The molecule has 2 aromatic rings. The molecule has 0 radical (unpaired) electrons. The van der Waals surface area contributed by atoms with Crippen molar-refractivity contribution in [3.05, 3.63) is 71.0 Å². The number of aliphatic hydroxyl groups is 1. The molecule has 0 spiro atoms. The zero-order valence-electron chi connectivity index (χ0n) is 16.8. The van der Waals surface area contributed by atoms with Crippen molar-refractivity contribution in [3.8, 4) is 0 Å². The molecule has 1 fully saturated rings. The fourth-order valence-corrected chi connectivity index (χ4v) is 4.53. The SMILES string of the molecule is Cc1ccc(C2(O)CCC(CCc3ccccc3)CC2CN(C)C)cc1F. The first-order valence-corrected chi connectivity index (χ1v) is 10.1. The fraction of sp³-hybridized carbons (Fsp3) is 0.500. The third-order valence-corrected chi connectivity index (χ3v) is 6.17. The van der Waals surface area contributed by atoms with Gasteiger partial charge in [0.05, 0.1) is 5.60 Å². The van der Waals surface area contributed by atoms with Crippen LogP contribution in [0.15, 0.2) is 48.5 Å². The maximum atomic E-state index is 14.2. The fourth-order valence-electron chi connectivity index (χ4n) is 4.53. The summed E-state index contributed by atoms with van der Waals surface area (Å²) >= 11 is 0. The van der Waals surface area contributed by atoms with E-state index in [1.54, 1.807) is 19.1 Å². The van der Waals surface area contributed by atoms with E-state index in [0.717, 1.165) is 37.8 Å². The van der Waals surface area contributed by atoms with E-state index in [2.05, 4.69) is 35.2 Å². The first kappa shape index (κ1) is 20.0. The number of nitrogens with zero attached hydrogens (tertiary/aromatic N) is 1. The molecule has 0 heterocycles. The van der Waals surface area contributed by atoms with Gasteiger partial charge in [-0.1, -0.05) is 42.5 Å². The Balaban J connectivity index is 1.75. The highest BCUT2D eigenvalue weighted by Gasteiger charge is 2.43. The van der Waals surface area contributed by atoms with Crippen LogP contribution in [0.25, 0.3) is 0 Å². The summed E-state index contributed by atoms with van der Waals surface area (Å²) in [7, 11) is 4.09. The maximum Gasteiger partial charge on any atom is 0.126 e. The van der Waals surface area contributed by atoms with Crippen molar-refractivity contribution in [1.29, 1.82) is 0 Å². The summed E-state index contributed by atoms with van der Waals surface area (Å²) in [5.41, 5.74) is 1.80. The highest BCUT2D eigenvalue weighted by molar-refractivity contribution is 5.29. The van der Waals surface area contributed by atoms with Gasteiger partial charge in [-0.05, 0) is 81.8 Å². The number of halogens is 1. The smallest absolute Gasteiger partial charge is 0.126 e. The van der Waals surface area contributed by atoms with E-state index in [1.807, 2.05) is 20.2 Å². The van der Waals surface area contributed by atoms with Crippen LogP contribution < -0.4 is 0 Å². The molecule has 0 aromatic heterocycles. The largest absolute Gasteiger partial charge is 0.385 e. The highest BCUT2D eigenvalue weighted by Crippen LogP contribution is 2.45. The molecular weight excluding hydrogens is 337 g/mol. The van der Waals surface area contributed by atoms with Crippen LogP contribution in [0, 0.1) is 24.6 Å². The first-order valence-electron chi connectivity index (χ1n) is 10.1. The monoisotopic (exact) mass is 369 g/mol. The molecule has 2 aromatic carbocycles. The number of aryl methyl sites for hydroxylation is 2. The lowest BCUT2D eigenvalue weighted by Crippen LogP contribution is -2.45. The van der Waals surface area contributed by atoms with Crippen molar-refractivity contribution in [2.75, 3.05) is 20.6 Å². The minimum absolute atomic E-state index is 0.115. The van der Waals surface area contributed by atoms with Gasteiger partial charge in [-0.15, -0.1) is 0 Å². The Labute approximate surface area is 163 Å². The van der Waals surface area contributed by atoms with Crippen LogP contribution in [0.2, 0.25) is 0 Å². The van der Waals surface area contributed by atoms with E-state index in [9.17, 15) is 9.50 Å². The summed E-state index contributed by atoms with van der Waals surface area (Å²) in [5.74, 6) is 0.491. The number of hydrogen-bond donors (Lipinski definition) is 1. The van der Waals surface area contributed by atoms with Gasteiger partial charge in [0.15, 0.2) is 0 Å². The average molecular weight is 370 g/mol. The van der Waals surface area contributed by atoms with Gasteiger partial charge in [-0.25, -0.2) is 4.39 Å². The van der Waals surface area contributed by atoms with Crippen molar-refractivity contribution in [1.82, 2.24) is 4.90 Å². The van der Waals surface area contributed by atoms with Crippen molar-refractivity contribution < 1.29 is 9.50 Å². The van der Waals surface area contributed by atoms with E-state index >= 15 is 0 Å². The molecule has 1 aliphatic rings. The molecule has 3 heteroatoms. The van der Waals surface area contributed by atoms with Crippen LogP contribution in [0.3, 0.4) is 0 Å². The van der Waals surface area contributed by atoms with E-state index in [0.29, 0.717) is 17.9 Å². The van der Waals surface area contributed by atoms with Gasteiger partial charge in [-0.2, -0.15) is 0 Å². The minimum Gasteiger partial charge on any atom is -0.385 e. The van der Waals surface area contributed by atoms with Gasteiger partial charge in [0.1, 0.15) is 5.82 Å². The lowest BCUT2D eigenvalue weighted by Gasteiger charge is -2.44. The third kappa shape index (κ3) is 4.77. The van der Waals surface area contributed by atoms with Gasteiger partial charge in [0.2, 0.25) is 0 Å². The Morgan fingerprint density at radius 2 is 1.89 bits per heavy atom. The molecular formula is C24H32FNO. The molecule has 146 valence electrons. The molecule has 0 bridgehead atoms. The van der Waals surface area contributed by atoms with Gasteiger partial charge in [0, 0.05) is 12.5 Å². The van der Waals surface area contributed by atoms with Gasteiger partial charge in [0.25, 0.3) is 0 Å². The standard InChI is InChI=1S/C24H32FNO/c1-18-9-12-21(16-23(18)25)24(27)14-13-20(15-22(24)17-26(2)3)11-10-19-7-5-4-6-8-19/h4-9,12,16,20,22,27H,10-11,13-15,17H2,1-3H3. The second-order valence-corrected chi connectivity index (χ2v) is 8.51. The molecule has 1 aliphatic carbocycles. The van der Waals surface area contributed by atoms with Gasteiger partial charge in [-0.3, -0.25) is 0 Å². The highest BCUT2D eigenvalue weighted by atomic mass is 19.1. The number of rotatable bonds is 6. The minimum atomic E-state index is -0.942. The van der Waals surface area contributed by atoms with Crippen LogP contribution in [0.1, 0.15) is 42.4 Å². The first-order chi connectivity index (χ1) is 12.9. The molecule has 27 heavy (non-hydrogen) atoms. The van der Waals surface area contributed by atoms with E-state index < -0.39 is 5.60 Å². The quantitative estimate of drug-likeness (QED) is 0.780. The number of benzene rings is 2. The topological polar surface area (TPSA) is 23.5 Å². The summed E-state index contributed by atoms with van der Waals surface area (Å²) in [6, 6.07) is 15.9. The molecule has 3 rings (SSSR count). The molecule has 2 nitrogen and oxygen atoms in total. The molecule has 0 saturated heterocycles.